The van der Waals surface area contributed by atoms with E-state index in [1.165, 1.54) is 12.1 Å². The molecule has 1 atom stereocenters. The lowest BCUT2D eigenvalue weighted by atomic mass is 9.93. The van der Waals surface area contributed by atoms with Crippen LogP contribution >= 0.6 is 12.4 Å². The van der Waals surface area contributed by atoms with Crippen molar-refractivity contribution in [2.45, 2.75) is 26.3 Å². The summed E-state index contributed by atoms with van der Waals surface area (Å²) in [5.74, 6) is -0.459. The summed E-state index contributed by atoms with van der Waals surface area (Å²) in [6, 6.07) is 6.30. The highest BCUT2D eigenvalue weighted by molar-refractivity contribution is 5.85. The summed E-state index contributed by atoms with van der Waals surface area (Å²) in [6.07, 6.45) is 0. The molecular weight excluding hydrogens is 267 g/mol. The van der Waals surface area contributed by atoms with Gasteiger partial charge in [0.25, 0.3) is 0 Å². The topological polar surface area (TPSA) is 41.1 Å². The standard InChI is InChI=1S/C14H21FN2O.ClH/c1-10(9-16-4)13(18)17-14(2,3)11-6-5-7-12(15)8-11;/h5-8,10,16H,9H2,1-4H3,(H,17,18);1H. The van der Waals surface area contributed by atoms with Crippen LogP contribution in [0, 0.1) is 11.7 Å². The number of halogens is 2. The van der Waals surface area contributed by atoms with Crippen LogP contribution in [0.5, 0.6) is 0 Å². The Morgan fingerprint density at radius 1 is 1.42 bits per heavy atom. The van der Waals surface area contributed by atoms with E-state index in [-0.39, 0.29) is 30.0 Å². The van der Waals surface area contributed by atoms with Gasteiger partial charge in [0.1, 0.15) is 5.82 Å². The minimum Gasteiger partial charge on any atom is -0.347 e. The molecule has 2 N–H and O–H groups in total. The second-order valence-electron chi connectivity index (χ2n) is 5.08. The van der Waals surface area contributed by atoms with Crippen molar-refractivity contribution in [1.29, 1.82) is 0 Å². The zero-order valence-electron chi connectivity index (χ0n) is 11.8. The molecule has 0 saturated heterocycles. The zero-order chi connectivity index (χ0) is 13.8. The first kappa shape index (κ1) is 17.9. The van der Waals surface area contributed by atoms with Crippen LogP contribution < -0.4 is 10.6 Å². The summed E-state index contributed by atoms with van der Waals surface area (Å²) in [5.41, 5.74) is 0.175. The monoisotopic (exact) mass is 288 g/mol. The van der Waals surface area contributed by atoms with Crippen LogP contribution in [0.15, 0.2) is 24.3 Å². The van der Waals surface area contributed by atoms with E-state index in [2.05, 4.69) is 10.6 Å². The van der Waals surface area contributed by atoms with Gasteiger partial charge in [-0.15, -0.1) is 12.4 Å². The van der Waals surface area contributed by atoms with Crippen molar-refractivity contribution in [2.75, 3.05) is 13.6 Å². The highest BCUT2D eigenvalue weighted by Gasteiger charge is 2.25. The molecule has 0 aromatic heterocycles. The fourth-order valence-corrected chi connectivity index (χ4v) is 1.78. The Kier molecular flexibility index (Phi) is 7.01. The van der Waals surface area contributed by atoms with Crippen LogP contribution in [0.2, 0.25) is 0 Å². The van der Waals surface area contributed by atoms with Crippen LogP contribution in [-0.2, 0) is 10.3 Å². The van der Waals surface area contributed by atoms with E-state index in [4.69, 9.17) is 0 Å². The van der Waals surface area contributed by atoms with Gasteiger partial charge in [-0.25, -0.2) is 4.39 Å². The molecule has 1 aromatic rings. The maximum absolute atomic E-state index is 13.2. The third-order valence-electron chi connectivity index (χ3n) is 2.94. The fourth-order valence-electron chi connectivity index (χ4n) is 1.78. The highest BCUT2D eigenvalue weighted by atomic mass is 35.5. The Hall–Kier alpha value is -1.13. The number of carbonyl (C=O) groups excluding carboxylic acids is 1. The number of benzene rings is 1. The Labute approximate surface area is 120 Å². The molecule has 0 aliphatic heterocycles. The quantitative estimate of drug-likeness (QED) is 0.874. The summed E-state index contributed by atoms with van der Waals surface area (Å²) in [7, 11) is 1.81. The van der Waals surface area contributed by atoms with E-state index in [9.17, 15) is 9.18 Å². The molecule has 0 bridgehead atoms. The largest absolute Gasteiger partial charge is 0.347 e. The van der Waals surface area contributed by atoms with Gasteiger partial charge in [-0.05, 0) is 38.6 Å². The molecule has 1 aromatic carbocycles. The number of nitrogens with one attached hydrogen (secondary N) is 2. The molecule has 1 amide bonds. The predicted molar refractivity (Wildman–Crippen MR) is 77.9 cm³/mol. The predicted octanol–water partition coefficient (Wildman–Crippen LogP) is 2.45. The van der Waals surface area contributed by atoms with Crippen LogP contribution in [0.25, 0.3) is 0 Å². The summed E-state index contributed by atoms with van der Waals surface area (Å²) in [4.78, 5) is 12.0. The van der Waals surface area contributed by atoms with Gasteiger partial charge < -0.3 is 10.6 Å². The molecule has 1 unspecified atom stereocenters. The lowest BCUT2D eigenvalue weighted by Gasteiger charge is -2.28. The molecule has 1 rings (SSSR count). The van der Waals surface area contributed by atoms with E-state index >= 15 is 0 Å². The van der Waals surface area contributed by atoms with Crippen molar-refractivity contribution < 1.29 is 9.18 Å². The third-order valence-corrected chi connectivity index (χ3v) is 2.94. The van der Waals surface area contributed by atoms with Crippen molar-refractivity contribution in [2.24, 2.45) is 5.92 Å². The fraction of sp³-hybridized carbons (Fsp3) is 0.500. The first-order valence-electron chi connectivity index (χ1n) is 6.09. The summed E-state index contributed by atoms with van der Waals surface area (Å²) in [5, 5.41) is 5.90. The third kappa shape index (κ3) is 5.17. The Morgan fingerprint density at radius 2 is 2.05 bits per heavy atom. The van der Waals surface area contributed by atoms with Gasteiger partial charge >= 0.3 is 0 Å². The van der Waals surface area contributed by atoms with E-state index in [1.54, 1.807) is 6.07 Å². The molecule has 19 heavy (non-hydrogen) atoms. The highest BCUT2D eigenvalue weighted by Crippen LogP contribution is 2.21. The average Bonchev–Trinajstić information content (AvgIpc) is 2.28. The number of carbonyl (C=O) groups is 1. The van der Waals surface area contributed by atoms with E-state index in [0.29, 0.717) is 6.54 Å². The van der Waals surface area contributed by atoms with Gasteiger partial charge in [0.05, 0.1) is 5.54 Å². The van der Waals surface area contributed by atoms with E-state index in [1.807, 2.05) is 33.9 Å². The summed E-state index contributed by atoms with van der Waals surface area (Å²) >= 11 is 0. The first-order valence-corrected chi connectivity index (χ1v) is 6.09. The number of rotatable bonds is 5. The molecule has 0 heterocycles. The lowest BCUT2D eigenvalue weighted by molar-refractivity contribution is -0.126. The first-order chi connectivity index (χ1) is 8.36. The Bertz CT molecular complexity index is 424. The smallest absolute Gasteiger partial charge is 0.224 e. The molecule has 5 heteroatoms. The Morgan fingerprint density at radius 3 is 2.58 bits per heavy atom. The van der Waals surface area contributed by atoms with E-state index < -0.39 is 5.54 Å². The molecule has 0 aliphatic carbocycles. The molecule has 0 spiro atoms. The molecular formula is C14H22ClFN2O. The van der Waals surface area contributed by atoms with Crippen molar-refractivity contribution in [3.05, 3.63) is 35.6 Å². The molecule has 0 radical (unpaired) electrons. The lowest BCUT2D eigenvalue weighted by Crippen LogP contribution is -2.45. The summed E-state index contributed by atoms with van der Waals surface area (Å²) in [6.45, 7) is 6.20. The summed E-state index contributed by atoms with van der Waals surface area (Å²) < 4.78 is 13.2. The normalized spacial score (nSPS) is 12.5. The number of hydrogen-bond acceptors (Lipinski definition) is 2. The minimum absolute atomic E-state index is 0. The van der Waals surface area contributed by atoms with Crippen LogP contribution in [0.1, 0.15) is 26.3 Å². The van der Waals surface area contributed by atoms with Gasteiger partial charge in [-0.3, -0.25) is 4.79 Å². The van der Waals surface area contributed by atoms with Gasteiger partial charge in [0.2, 0.25) is 5.91 Å². The van der Waals surface area contributed by atoms with Crippen molar-refractivity contribution >= 4 is 18.3 Å². The second-order valence-corrected chi connectivity index (χ2v) is 5.08. The van der Waals surface area contributed by atoms with Gasteiger partial charge in [0.15, 0.2) is 0 Å². The Balaban J connectivity index is 0.00000324. The molecule has 3 nitrogen and oxygen atoms in total. The van der Waals surface area contributed by atoms with Gasteiger partial charge in [0, 0.05) is 12.5 Å². The van der Waals surface area contributed by atoms with Crippen LogP contribution in [0.4, 0.5) is 4.39 Å². The van der Waals surface area contributed by atoms with Gasteiger partial charge in [-0.1, -0.05) is 19.1 Å². The van der Waals surface area contributed by atoms with Gasteiger partial charge in [-0.2, -0.15) is 0 Å². The van der Waals surface area contributed by atoms with Crippen molar-refractivity contribution in [3.8, 4) is 0 Å². The van der Waals surface area contributed by atoms with E-state index in [0.717, 1.165) is 5.56 Å². The molecule has 108 valence electrons. The molecule has 0 fully saturated rings. The SMILES string of the molecule is CNCC(C)C(=O)NC(C)(C)c1cccc(F)c1.Cl. The van der Waals surface area contributed by atoms with Crippen molar-refractivity contribution in [3.63, 3.8) is 0 Å². The van der Waals surface area contributed by atoms with Crippen LogP contribution in [0.3, 0.4) is 0 Å². The van der Waals surface area contributed by atoms with Crippen LogP contribution in [-0.4, -0.2) is 19.5 Å². The molecule has 0 aliphatic rings. The number of hydrogen-bond donors (Lipinski definition) is 2. The second kappa shape index (κ2) is 7.46. The zero-order valence-corrected chi connectivity index (χ0v) is 12.6. The molecule has 0 saturated carbocycles. The number of amides is 1. The average molecular weight is 289 g/mol. The van der Waals surface area contributed by atoms with Crippen molar-refractivity contribution in [1.82, 2.24) is 10.6 Å². The maximum atomic E-state index is 13.2. The minimum atomic E-state index is -0.582. The maximum Gasteiger partial charge on any atom is 0.224 e.